The summed E-state index contributed by atoms with van der Waals surface area (Å²) in [6.45, 7) is 0. The fourth-order valence-corrected chi connectivity index (χ4v) is 4.24. The highest BCUT2D eigenvalue weighted by molar-refractivity contribution is 7.99. The molecule has 2 aromatic rings. The van der Waals surface area contributed by atoms with Gasteiger partial charge in [-0.15, -0.1) is 11.8 Å². The first-order valence-electron chi connectivity index (χ1n) is 7.53. The third-order valence-corrected chi connectivity index (χ3v) is 5.56. The number of nitriles is 1. The van der Waals surface area contributed by atoms with E-state index in [1.54, 1.807) is 0 Å². The molecule has 1 saturated carbocycles. The SMILES string of the molecule is N#CC1(N)CCCC1CCSc1ccc2ccccc2c1. The van der Waals surface area contributed by atoms with Crippen molar-refractivity contribution in [2.45, 2.75) is 36.1 Å². The average Bonchev–Trinajstić information content (AvgIpc) is 2.89. The predicted octanol–water partition coefficient (Wildman–Crippen LogP) is 4.34. The summed E-state index contributed by atoms with van der Waals surface area (Å²) in [7, 11) is 0. The van der Waals surface area contributed by atoms with Crippen LogP contribution in [0.5, 0.6) is 0 Å². The summed E-state index contributed by atoms with van der Waals surface area (Å²) in [6.07, 6.45) is 4.08. The van der Waals surface area contributed by atoms with Gasteiger partial charge >= 0.3 is 0 Å². The Morgan fingerprint density at radius 3 is 2.86 bits per heavy atom. The smallest absolute Gasteiger partial charge is 0.107 e. The molecule has 0 heterocycles. The van der Waals surface area contributed by atoms with Crippen LogP contribution in [0, 0.1) is 17.2 Å². The topological polar surface area (TPSA) is 49.8 Å². The lowest BCUT2D eigenvalue weighted by molar-refractivity contribution is 0.389. The van der Waals surface area contributed by atoms with Crippen LogP contribution in [0.1, 0.15) is 25.7 Å². The fraction of sp³-hybridized carbons (Fsp3) is 0.389. The molecule has 108 valence electrons. The molecule has 0 radical (unpaired) electrons. The van der Waals surface area contributed by atoms with E-state index in [4.69, 9.17) is 5.73 Å². The van der Waals surface area contributed by atoms with Crippen molar-refractivity contribution in [3.63, 3.8) is 0 Å². The average molecular weight is 296 g/mol. The van der Waals surface area contributed by atoms with E-state index in [9.17, 15) is 5.26 Å². The van der Waals surface area contributed by atoms with E-state index in [2.05, 4.69) is 48.5 Å². The Hall–Kier alpha value is -1.50. The van der Waals surface area contributed by atoms with E-state index in [1.807, 2.05) is 11.8 Å². The van der Waals surface area contributed by atoms with Crippen LogP contribution in [0.2, 0.25) is 0 Å². The van der Waals surface area contributed by atoms with Gasteiger partial charge in [-0.3, -0.25) is 0 Å². The van der Waals surface area contributed by atoms with Crippen LogP contribution in [0.15, 0.2) is 47.4 Å². The Balaban J connectivity index is 1.61. The van der Waals surface area contributed by atoms with Crippen molar-refractivity contribution in [1.82, 2.24) is 0 Å². The molecule has 0 amide bonds. The summed E-state index contributed by atoms with van der Waals surface area (Å²) in [5.41, 5.74) is 5.61. The normalized spacial score (nSPS) is 25.0. The number of rotatable bonds is 4. The Kier molecular flexibility index (Phi) is 4.19. The van der Waals surface area contributed by atoms with Crippen molar-refractivity contribution in [2.24, 2.45) is 11.7 Å². The number of hydrogen-bond donors (Lipinski definition) is 1. The highest BCUT2D eigenvalue weighted by Crippen LogP contribution is 2.37. The third-order valence-electron chi connectivity index (χ3n) is 4.54. The van der Waals surface area contributed by atoms with Crippen molar-refractivity contribution in [3.8, 4) is 6.07 Å². The number of fused-ring (bicyclic) bond motifs is 1. The van der Waals surface area contributed by atoms with E-state index in [0.29, 0.717) is 5.92 Å². The van der Waals surface area contributed by atoms with Gasteiger partial charge in [0.15, 0.2) is 0 Å². The van der Waals surface area contributed by atoms with Crippen LogP contribution in [-0.4, -0.2) is 11.3 Å². The summed E-state index contributed by atoms with van der Waals surface area (Å²) in [5.74, 6) is 1.39. The van der Waals surface area contributed by atoms with E-state index in [1.165, 1.54) is 15.7 Å². The van der Waals surface area contributed by atoms with Crippen molar-refractivity contribution in [3.05, 3.63) is 42.5 Å². The first kappa shape index (κ1) is 14.4. The molecule has 0 bridgehead atoms. The van der Waals surface area contributed by atoms with Gasteiger partial charge in [-0.25, -0.2) is 0 Å². The molecule has 2 nitrogen and oxygen atoms in total. The molecule has 3 rings (SSSR count). The van der Waals surface area contributed by atoms with Crippen molar-refractivity contribution < 1.29 is 0 Å². The van der Waals surface area contributed by atoms with Gasteiger partial charge in [0.05, 0.1) is 6.07 Å². The quantitative estimate of drug-likeness (QED) is 0.854. The van der Waals surface area contributed by atoms with Gasteiger partial charge in [0.2, 0.25) is 0 Å². The molecule has 2 aromatic carbocycles. The maximum Gasteiger partial charge on any atom is 0.107 e. The second-order valence-corrected chi connectivity index (χ2v) is 7.06. The zero-order valence-electron chi connectivity index (χ0n) is 12.1. The molecule has 3 heteroatoms. The van der Waals surface area contributed by atoms with Gasteiger partial charge in [-0.05, 0) is 53.8 Å². The Morgan fingerprint density at radius 2 is 2.05 bits per heavy atom. The molecule has 1 aliphatic carbocycles. The Morgan fingerprint density at radius 1 is 1.24 bits per heavy atom. The largest absolute Gasteiger partial charge is 0.313 e. The minimum Gasteiger partial charge on any atom is -0.313 e. The second kappa shape index (κ2) is 6.09. The number of nitrogens with two attached hydrogens (primary N) is 1. The summed E-state index contributed by atoms with van der Waals surface area (Å²) in [6, 6.07) is 17.4. The first-order chi connectivity index (χ1) is 10.2. The molecule has 2 unspecified atom stereocenters. The van der Waals surface area contributed by atoms with Crippen LogP contribution >= 0.6 is 11.8 Å². The predicted molar refractivity (Wildman–Crippen MR) is 89.2 cm³/mol. The lowest BCUT2D eigenvalue weighted by atomic mass is 9.88. The standard InChI is InChI=1S/C18H20N2S/c19-13-18(20)10-3-6-16(18)9-11-21-17-8-7-14-4-1-2-5-15(14)12-17/h1-2,4-5,7-8,12,16H,3,6,9-11,20H2. The van der Waals surface area contributed by atoms with Gasteiger partial charge < -0.3 is 5.73 Å². The summed E-state index contributed by atoms with van der Waals surface area (Å²) in [5, 5.41) is 11.8. The van der Waals surface area contributed by atoms with Gasteiger partial charge in [0, 0.05) is 4.90 Å². The van der Waals surface area contributed by atoms with Gasteiger partial charge in [0.25, 0.3) is 0 Å². The molecule has 2 N–H and O–H groups in total. The molecule has 0 spiro atoms. The minimum atomic E-state index is -0.579. The maximum absolute atomic E-state index is 9.25. The molecular formula is C18H20N2S. The minimum absolute atomic E-state index is 0.357. The van der Waals surface area contributed by atoms with Crippen molar-refractivity contribution in [2.75, 3.05) is 5.75 Å². The number of hydrogen-bond acceptors (Lipinski definition) is 3. The highest BCUT2D eigenvalue weighted by atomic mass is 32.2. The van der Waals surface area contributed by atoms with Gasteiger partial charge in [0.1, 0.15) is 5.54 Å². The summed E-state index contributed by atoms with van der Waals surface area (Å²) in [4.78, 5) is 1.30. The molecular weight excluding hydrogens is 276 g/mol. The number of thioether (sulfide) groups is 1. The van der Waals surface area contributed by atoms with Gasteiger partial charge in [-0.1, -0.05) is 36.8 Å². The summed E-state index contributed by atoms with van der Waals surface area (Å²) >= 11 is 1.87. The molecule has 0 aromatic heterocycles. The van der Waals surface area contributed by atoms with Gasteiger partial charge in [-0.2, -0.15) is 5.26 Å². The zero-order valence-corrected chi connectivity index (χ0v) is 12.9. The van der Waals surface area contributed by atoms with Crippen LogP contribution in [-0.2, 0) is 0 Å². The first-order valence-corrected chi connectivity index (χ1v) is 8.51. The fourth-order valence-electron chi connectivity index (χ4n) is 3.23. The van der Waals surface area contributed by atoms with E-state index >= 15 is 0 Å². The van der Waals surface area contributed by atoms with Crippen LogP contribution in [0.4, 0.5) is 0 Å². The highest BCUT2D eigenvalue weighted by Gasteiger charge is 2.39. The van der Waals surface area contributed by atoms with Crippen molar-refractivity contribution >= 4 is 22.5 Å². The second-order valence-electron chi connectivity index (χ2n) is 5.89. The van der Waals surface area contributed by atoms with Crippen LogP contribution in [0.25, 0.3) is 10.8 Å². The van der Waals surface area contributed by atoms with E-state index in [-0.39, 0.29) is 0 Å². The Labute approximate surface area is 130 Å². The molecule has 21 heavy (non-hydrogen) atoms. The summed E-state index contributed by atoms with van der Waals surface area (Å²) < 4.78 is 0. The van der Waals surface area contributed by atoms with Crippen LogP contribution in [0.3, 0.4) is 0 Å². The van der Waals surface area contributed by atoms with E-state index in [0.717, 1.165) is 31.4 Å². The lowest BCUT2D eigenvalue weighted by Crippen LogP contribution is -2.41. The molecule has 1 aliphatic rings. The molecule has 0 aliphatic heterocycles. The maximum atomic E-state index is 9.25. The molecule has 2 atom stereocenters. The van der Waals surface area contributed by atoms with Crippen LogP contribution < -0.4 is 5.73 Å². The lowest BCUT2D eigenvalue weighted by Gasteiger charge is -2.23. The molecule has 1 fully saturated rings. The van der Waals surface area contributed by atoms with Crippen molar-refractivity contribution in [1.29, 1.82) is 5.26 Å². The molecule has 0 saturated heterocycles. The number of benzene rings is 2. The zero-order chi connectivity index (χ0) is 14.7. The van der Waals surface area contributed by atoms with E-state index < -0.39 is 5.54 Å². The monoisotopic (exact) mass is 296 g/mol. The third kappa shape index (κ3) is 3.07. The Bertz CT molecular complexity index is 676. The number of nitrogens with zero attached hydrogens (tertiary/aromatic N) is 1.